The Labute approximate surface area is 175 Å². The van der Waals surface area contributed by atoms with Crippen molar-refractivity contribution in [3.8, 4) is 0 Å². The van der Waals surface area contributed by atoms with Crippen molar-refractivity contribution in [1.29, 1.82) is 0 Å². The zero-order valence-electron chi connectivity index (χ0n) is 17.3. The molecule has 1 aliphatic rings. The average molecular weight is 403 g/mol. The van der Waals surface area contributed by atoms with Crippen LogP contribution in [0.15, 0.2) is 59.7 Å². The third-order valence-corrected chi connectivity index (χ3v) is 5.30. The molecule has 0 bridgehead atoms. The summed E-state index contributed by atoms with van der Waals surface area (Å²) in [7, 11) is 1.75. The normalized spacial score (nSPS) is 14.1. The molecule has 0 unspecified atom stereocenters. The monoisotopic (exact) mass is 403 g/mol. The Balaban J connectivity index is 1.52. The second kappa shape index (κ2) is 8.49. The number of imidazole rings is 1. The van der Waals surface area contributed by atoms with Crippen LogP contribution in [0.1, 0.15) is 31.2 Å². The number of benzene rings is 2. The second-order valence-electron chi connectivity index (χ2n) is 7.41. The molecule has 0 aliphatic carbocycles. The Hall–Kier alpha value is -3.48. The quantitative estimate of drug-likeness (QED) is 0.635. The van der Waals surface area contributed by atoms with Crippen LogP contribution in [0.5, 0.6) is 0 Å². The van der Waals surface area contributed by atoms with Crippen LogP contribution in [0.3, 0.4) is 0 Å². The molecule has 1 aliphatic heterocycles. The number of hydrogen-bond donors (Lipinski definition) is 0. The number of para-hydroxylation sites is 2. The molecule has 0 fully saturated rings. The molecule has 7 nitrogen and oxygen atoms in total. The van der Waals surface area contributed by atoms with Gasteiger partial charge in [0.15, 0.2) is 0 Å². The average Bonchev–Trinajstić information content (AvgIpc) is 3.12. The lowest BCUT2D eigenvalue weighted by Gasteiger charge is -2.25. The van der Waals surface area contributed by atoms with Gasteiger partial charge in [0.05, 0.1) is 24.1 Å². The molecule has 0 spiro atoms. The lowest BCUT2D eigenvalue weighted by atomic mass is 10.1. The van der Waals surface area contributed by atoms with E-state index in [-0.39, 0.29) is 11.8 Å². The number of hydrazone groups is 1. The van der Waals surface area contributed by atoms with Crippen LogP contribution in [0, 0.1) is 0 Å². The standard InChI is InChI=1S/C23H25N5O2/c1-3-27-20-12-8-7-11-18(20)24-21(27)16-26(2)23(30)19-13-14-22(29)28(25-19)15-17-9-5-4-6-10-17/h4-12H,3,13-16H2,1-2H3. The number of aromatic nitrogens is 2. The molecule has 2 amide bonds. The van der Waals surface area contributed by atoms with Gasteiger partial charge < -0.3 is 9.47 Å². The fourth-order valence-corrected chi connectivity index (χ4v) is 3.74. The second-order valence-corrected chi connectivity index (χ2v) is 7.41. The summed E-state index contributed by atoms with van der Waals surface area (Å²) in [5.41, 5.74) is 3.37. The Bertz CT molecular complexity index is 1100. The van der Waals surface area contributed by atoms with Gasteiger partial charge in [-0.3, -0.25) is 9.59 Å². The number of nitrogens with zero attached hydrogens (tertiary/aromatic N) is 5. The number of carbonyl (C=O) groups is 2. The Kier molecular flexibility index (Phi) is 5.61. The van der Waals surface area contributed by atoms with Gasteiger partial charge in [0.1, 0.15) is 11.5 Å². The van der Waals surface area contributed by atoms with Crippen LogP contribution in [0.4, 0.5) is 0 Å². The van der Waals surface area contributed by atoms with Crippen molar-refractivity contribution in [2.24, 2.45) is 5.10 Å². The molecule has 154 valence electrons. The van der Waals surface area contributed by atoms with Gasteiger partial charge in [0, 0.05) is 26.4 Å². The van der Waals surface area contributed by atoms with E-state index in [1.807, 2.05) is 54.6 Å². The first-order valence-electron chi connectivity index (χ1n) is 10.2. The first-order chi connectivity index (χ1) is 14.6. The molecule has 7 heteroatoms. The van der Waals surface area contributed by atoms with E-state index < -0.39 is 0 Å². The van der Waals surface area contributed by atoms with Crippen molar-refractivity contribution < 1.29 is 9.59 Å². The number of hydrogen-bond acceptors (Lipinski definition) is 4. The van der Waals surface area contributed by atoms with Crippen molar-refractivity contribution in [2.45, 2.75) is 39.4 Å². The third kappa shape index (κ3) is 3.96. The van der Waals surface area contributed by atoms with E-state index in [1.54, 1.807) is 11.9 Å². The summed E-state index contributed by atoms with van der Waals surface area (Å²) in [5, 5.41) is 5.79. The van der Waals surface area contributed by atoms with Crippen molar-refractivity contribution in [2.75, 3.05) is 7.05 Å². The van der Waals surface area contributed by atoms with Crippen LogP contribution in [0.2, 0.25) is 0 Å². The Morgan fingerprint density at radius 1 is 1.07 bits per heavy atom. The summed E-state index contributed by atoms with van der Waals surface area (Å²) < 4.78 is 2.12. The SMILES string of the molecule is CCn1c(CN(C)C(=O)C2=NN(Cc3ccccc3)C(=O)CC2)nc2ccccc21. The highest BCUT2D eigenvalue weighted by molar-refractivity contribution is 6.39. The predicted molar refractivity (Wildman–Crippen MR) is 116 cm³/mol. The molecular weight excluding hydrogens is 378 g/mol. The zero-order valence-corrected chi connectivity index (χ0v) is 17.3. The molecule has 30 heavy (non-hydrogen) atoms. The third-order valence-electron chi connectivity index (χ3n) is 5.30. The minimum atomic E-state index is -0.171. The summed E-state index contributed by atoms with van der Waals surface area (Å²) in [5.74, 6) is 0.601. The molecule has 0 radical (unpaired) electrons. The summed E-state index contributed by atoms with van der Waals surface area (Å²) in [6.07, 6.45) is 0.649. The van der Waals surface area contributed by atoms with E-state index in [2.05, 4.69) is 16.6 Å². The lowest BCUT2D eigenvalue weighted by Crippen LogP contribution is -2.39. The lowest BCUT2D eigenvalue weighted by molar-refractivity contribution is -0.132. The van der Waals surface area contributed by atoms with E-state index in [0.717, 1.165) is 29.0 Å². The maximum Gasteiger partial charge on any atom is 0.270 e. The molecule has 3 aromatic rings. The number of fused-ring (bicyclic) bond motifs is 1. The van der Waals surface area contributed by atoms with Gasteiger partial charge in [-0.15, -0.1) is 0 Å². The maximum atomic E-state index is 13.0. The predicted octanol–water partition coefficient (Wildman–Crippen LogP) is 3.19. The molecule has 0 saturated carbocycles. The van der Waals surface area contributed by atoms with Crippen molar-refractivity contribution in [3.05, 3.63) is 66.0 Å². The van der Waals surface area contributed by atoms with Crippen LogP contribution >= 0.6 is 0 Å². The topological polar surface area (TPSA) is 70.8 Å². The van der Waals surface area contributed by atoms with Crippen molar-refractivity contribution in [1.82, 2.24) is 19.5 Å². The smallest absolute Gasteiger partial charge is 0.270 e. The highest BCUT2D eigenvalue weighted by Crippen LogP contribution is 2.18. The molecule has 2 aromatic carbocycles. The van der Waals surface area contributed by atoms with Crippen molar-refractivity contribution >= 4 is 28.6 Å². The minimum absolute atomic E-state index is 0.0640. The zero-order chi connectivity index (χ0) is 21.1. The minimum Gasteiger partial charge on any atom is -0.333 e. The molecule has 0 atom stereocenters. The van der Waals surface area contributed by atoms with Gasteiger partial charge in [-0.05, 0) is 24.6 Å². The number of carbonyl (C=O) groups excluding carboxylic acids is 2. The van der Waals surface area contributed by atoms with Gasteiger partial charge in [0.2, 0.25) is 5.91 Å². The first-order valence-corrected chi connectivity index (χ1v) is 10.2. The van der Waals surface area contributed by atoms with E-state index in [9.17, 15) is 9.59 Å². The van der Waals surface area contributed by atoms with Crippen LogP contribution in [-0.2, 0) is 29.2 Å². The van der Waals surface area contributed by atoms with Crippen molar-refractivity contribution in [3.63, 3.8) is 0 Å². The van der Waals surface area contributed by atoms with E-state index >= 15 is 0 Å². The van der Waals surface area contributed by atoms with E-state index in [1.165, 1.54) is 5.01 Å². The van der Waals surface area contributed by atoms with Gasteiger partial charge in [-0.25, -0.2) is 9.99 Å². The van der Waals surface area contributed by atoms with Gasteiger partial charge >= 0.3 is 0 Å². The number of rotatable bonds is 6. The van der Waals surface area contributed by atoms with Crippen LogP contribution in [-0.4, -0.2) is 44.0 Å². The summed E-state index contributed by atoms with van der Waals surface area (Å²) in [4.78, 5) is 31.7. The summed E-state index contributed by atoms with van der Waals surface area (Å²) in [6, 6.07) is 17.6. The molecule has 1 aromatic heterocycles. The Morgan fingerprint density at radius 2 is 1.80 bits per heavy atom. The summed E-state index contributed by atoms with van der Waals surface area (Å²) >= 11 is 0. The largest absolute Gasteiger partial charge is 0.333 e. The molecule has 2 heterocycles. The molecule has 0 N–H and O–H groups in total. The number of aryl methyl sites for hydroxylation is 1. The summed E-state index contributed by atoms with van der Waals surface area (Å²) in [6.45, 7) is 3.59. The van der Waals surface area contributed by atoms with Gasteiger partial charge in [0.25, 0.3) is 5.91 Å². The maximum absolute atomic E-state index is 13.0. The van der Waals surface area contributed by atoms with E-state index in [0.29, 0.717) is 31.6 Å². The fraction of sp³-hybridized carbons (Fsp3) is 0.304. The van der Waals surface area contributed by atoms with Gasteiger partial charge in [-0.2, -0.15) is 5.10 Å². The highest BCUT2D eigenvalue weighted by Gasteiger charge is 2.27. The number of amides is 2. The molecule has 0 saturated heterocycles. The van der Waals surface area contributed by atoms with Crippen LogP contribution in [0.25, 0.3) is 11.0 Å². The van der Waals surface area contributed by atoms with E-state index in [4.69, 9.17) is 4.98 Å². The van der Waals surface area contributed by atoms with Gasteiger partial charge in [-0.1, -0.05) is 42.5 Å². The molecule has 4 rings (SSSR count). The molecular formula is C23H25N5O2. The first kappa shape index (κ1) is 19.8. The highest BCUT2D eigenvalue weighted by atomic mass is 16.2. The van der Waals surface area contributed by atoms with Crippen LogP contribution < -0.4 is 0 Å². The Morgan fingerprint density at radius 3 is 2.57 bits per heavy atom. The fourth-order valence-electron chi connectivity index (χ4n) is 3.74.